The van der Waals surface area contributed by atoms with Gasteiger partial charge in [-0.3, -0.25) is 9.69 Å². The molecule has 0 N–H and O–H groups in total. The van der Waals surface area contributed by atoms with E-state index in [1.54, 1.807) is 18.2 Å². The molecule has 0 radical (unpaired) electrons. The van der Waals surface area contributed by atoms with Gasteiger partial charge in [-0.1, -0.05) is 96.5 Å². The van der Waals surface area contributed by atoms with Crippen LogP contribution < -0.4 is 0 Å². The van der Waals surface area contributed by atoms with Gasteiger partial charge in [0.15, 0.2) is 5.76 Å². The smallest absolute Gasteiger partial charge is 0.289 e. The van der Waals surface area contributed by atoms with Crippen LogP contribution in [0.25, 0.3) is 0 Å². The van der Waals surface area contributed by atoms with Gasteiger partial charge in [-0.2, -0.15) is 0 Å². The predicted molar refractivity (Wildman–Crippen MR) is 161 cm³/mol. The second-order valence-corrected chi connectivity index (χ2v) is 10.6. The summed E-state index contributed by atoms with van der Waals surface area (Å²) in [4.78, 5) is 17.7. The van der Waals surface area contributed by atoms with Crippen LogP contribution in [-0.4, -0.2) is 22.3 Å². The second-order valence-electron chi connectivity index (χ2n) is 10.1. The van der Waals surface area contributed by atoms with Crippen molar-refractivity contribution < 1.29 is 13.6 Å². The highest BCUT2D eigenvalue weighted by Crippen LogP contribution is 2.20. The molecule has 0 spiro atoms. The van der Waals surface area contributed by atoms with Crippen LogP contribution in [0.4, 0.5) is 4.39 Å². The molecular formula is C35H32ClFN2O2. The van der Waals surface area contributed by atoms with E-state index >= 15 is 0 Å². The van der Waals surface area contributed by atoms with Crippen LogP contribution in [0.15, 0.2) is 126 Å². The van der Waals surface area contributed by atoms with Crippen LogP contribution in [-0.2, 0) is 32.6 Å². The van der Waals surface area contributed by atoms with Gasteiger partial charge in [-0.25, -0.2) is 4.39 Å². The van der Waals surface area contributed by atoms with Crippen molar-refractivity contribution in [2.75, 3.05) is 6.54 Å². The summed E-state index contributed by atoms with van der Waals surface area (Å²) in [5.74, 6) is 0.557. The monoisotopic (exact) mass is 566 g/mol. The number of furan rings is 1. The number of hydrogen-bond acceptors (Lipinski definition) is 3. The number of hydrogen-bond donors (Lipinski definition) is 0. The van der Waals surface area contributed by atoms with Crippen molar-refractivity contribution in [2.24, 2.45) is 0 Å². The molecule has 0 aliphatic heterocycles. The normalized spacial score (nSPS) is 11.1. The number of carbonyl (C=O) groups is 1. The molecule has 6 heteroatoms. The Morgan fingerprint density at radius 2 is 1.29 bits per heavy atom. The molecule has 0 fully saturated rings. The Labute approximate surface area is 245 Å². The zero-order chi connectivity index (χ0) is 28.4. The number of rotatable bonds is 12. The van der Waals surface area contributed by atoms with Gasteiger partial charge in [0, 0.05) is 31.2 Å². The maximum Gasteiger partial charge on any atom is 0.289 e. The van der Waals surface area contributed by atoms with Crippen molar-refractivity contribution in [1.29, 1.82) is 0 Å². The molecule has 0 unspecified atom stereocenters. The minimum Gasteiger partial charge on any atom is -0.455 e. The molecule has 0 saturated heterocycles. The van der Waals surface area contributed by atoms with E-state index in [1.165, 1.54) is 11.6 Å². The average Bonchev–Trinajstić information content (AvgIpc) is 3.45. The van der Waals surface area contributed by atoms with Gasteiger partial charge in [-0.05, 0) is 65.1 Å². The van der Waals surface area contributed by atoms with E-state index in [0.717, 1.165) is 23.1 Å². The Kier molecular flexibility index (Phi) is 9.63. The summed E-state index contributed by atoms with van der Waals surface area (Å²) < 4.78 is 20.1. The quantitative estimate of drug-likeness (QED) is 0.153. The lowest BCUT2D eigenvalue weighted by Crippen LogP contribution is -2.32. The molecule has 1 amide bonds. The summed E-state index contributed by atoms with van der Waals surface area (Å²) in [5.41, 5.74) is 4.17. The average molecular weight is 567 g/mol. The van der Waals surface area contributed by atoms with Crippen LogP contribution in [0.1, 0.15) is 38.6 Å². The Bertz CT molecular complexity index is 1540. The number of nitrogens with zero attached hydrogens (tertiary/aromatic N) is 2. The van der Waals surface area contributed by atoms with Crippen molar-refractivity contribution in [3.05, 3.63) is 166 Å². The Hall–Kier alpha value is -4.19. The summed E-state index contributed by atoms with van der Waals surface area (Å²) in [5, 5.41) is 0.673. The van der Waals surface area contributed by atoms with Crippen molar-refractivity contribution in [2.45, 2.75) is 32.6 Å². The molecular weight excluding hydrogens is 535 g/mol. The minimum atomic E-state index is -0.270. The molecule has 4 aromatic carbocycles. The van der Waals surface area contributed by atoms with Gasteiger partial charge in [0.1, 0.15) is 11.6 Å². The summed E-state index contributed by atoms with van der Waals surface area (Å²) >= 11 is 6.09. The van der Waals surface area contributed by atoms with Crippen molar-refractivity contribution >= 4 is 17.5 Å². The Morgan fingerprint density at radius 3 is 2.00 bits per heavy atom. The van der Waals surface area contributed by atoms with E-state index in [0.29, 0.717) is 49.3 Å². The molecule has 5 rings (SSSR count). The van der Waals surface area contributed by atoms with Gasteiger partial charge in [0.2, 0.25) is 0 Å². The van der Waals surface area contributed by atoms with Crippen molar-refractivity contribution in [1.82, 2.24) is 9.80 Å². The molecule has 0 atom stereocenters. The molecule has 0 aliphatic carbocycles. The second kappa shape index (κ2) is 13.9. The predicted octanol–water partition coefficient (Wildman–Crippen LogP) is 8.16. The summed E-state index contributed by atoms with van der Waals surface area (Å²) in [7, 11) is 0. The Morgan fingerprint density at radius 1 is 0.659 bits per heavy atom. The van der Waals surface area contributed by atoms with E-state index in [2.05, 4.69) is 17.0 Å². The molecule has 0 bridgehead atoms. The van der Waals surface area contributed by atoms with E-state index in [4.69, 9.17) is 16.0 Å². The molecule has 4 nitrogen and oxygen atoms in total. The maximum absolute atomic E-state index is 13.9. The third-order valence-electron chi connectivity index (χ3n) is 6.88. The molecule has 0 aliphatic rings. The third-order valence-corrected chi connectivity index (χ3v) is 7.14. The van der Waals surface area contributed by atoms with Gasteiger partial charge < -0.3 is 9.32 Å². The van der Waals surface area contributed by atoms with Gasteiger partial charge in [0.05, 0.1) is 6.54 Å². The number of benzene rings is 4. The SMILES string of the molecule is O=C(c1ccc(CN(Cc2ccc(Cl)cc2)Cc2cccc(F)c2)o1)N(CCc1ccccc1)Cc1ccccc1. The molecule has 5 aromatic rings. The maximum atomic E-state index is 13.9. The minimum absolute atomic E-state index is 0.148. The van der Waals surface area contributed by atoms with Crippen molar-refractivity contribution in [3.63, 3.8) is 0 Å². The molecule has 1 heterocycles. The van der Waals surface area contributed by atoms with E-state index in [1.807, 2.05) is 89.8 Å². The summed E-state index contributed by atoms with van der Waals surface area (Å²) in [6.07, 6.45) is 0.746. The standard InChI is InChI=1S/C35H32ClFN2O2/c36-31-16-14-29(15-17-31)23-38(24-30-12-7-13-32(37)22-30)26-33-18-19-34(41-33)35(40)39(25-28-10-5-2-6-11-28)21-20-27-8-3-1-4-9-27/h1-19,22H,20-21,23-26H2. The first-order valence-electron chi connectivity index (χ1n) is 13.7. The van der Waals surface area contributed by atoms with Gasteiger partial charge in [-0.15, -0.1) is 0 Å². The lowest BCUT2D eigenvalue weighted by atomic mass is 10.1. The number of halogens is 2. The largest absolute Gasteiger partial charge is 0.455 e. The first-order valence-corrected chi connectivity index (χ1v) is 14.1. The van der Waals surface area contributed by atoms with Gasteiger partial charge in [0.25, 0.3) is 5.91 Å². The van der Waals surface area contributed by atoms with E-state index in [9.17, 15) is 9.18 Å². The summed E-state index contributed by atoms with van der Waals surface area (Å²) in [6, 6.07) is 38.0. The van der Waals surface area contributed by atoms with E-state index < -0.39 is 0 Å². The van der Waals surface area contributed by atoms with Crippen LogP contribution in [0, 0.1) is 5.82 Å². The van der Waals surface area contributed by atoms with Crippen LogP contribution in [0.2, 0.25) is 5.02 Å². The number of carbonyl (C=O) groups excluding carboxylic acids is 1. The van der Waals surface area contributed by atoms with Crippen molar-refractivity contribution in [3.8, 4) is 0 Å². The fraction of sp³-hybridized carbons (Fsp3) is 0.171. The molecule has 208 valence electrons. The molecule has 0 saturated carbocycles. The number of amides is 1. The molecule has 41 heavy (non-hydrogen) atoms. The van der Waals surface area contributed by atoms with Crippen LogP contribution >= 0.6 is 11.6 Å². The zero-order valence-electron chi connectivity index (χ0n) is 22.8. The lowest BCUT2D eigenvalue weighted by Gasteiger charge is -2.23. The lowest BCUT2D eigenvalue weighted by molar-refractivity contribution is 0.0708. The third kappa shape index (κ3) is 8.40. The highest BCUT2D eigenvalue weighted by Gasteiger charge is 2.21. The van der Waals surface area contributed by atoms with E-state index in [-0.39, 0.29) is 11.7 Å². The fourth-order valence-corrected chi connectivity index (χ4v) is 4.95. The molecule has 1 aromatic heterocycles. The van der Waals surface area contributed by atoms with Crippen LogP contribution in [0.5, 0.6) is 0 Å². The first kappa shape index (κ1) is 28.3. The first-order chi connectivity index (χ1) is 20.0. The fourth-order valence-electron chi connectivity index (χ4n) is 4.83. The van der Waals surface area contributed by atoms with Crippen LogP contribution in [0.3, 0.4) is 0 Å². The topological polar surface area (TPSA) is 36.7 Å². The highest BCUT2D eigenvalue weighted by atomic mass is 35.5. The Balaban J connectivity index is 1.32. The van der Waals surface area contributed by atoms with Gasteiger partial charge >= 0.3 is 0 Å². The zero-order valence-corrected chi connectivity index (χ0v) is 23.5. The highest BCUT2D eigenvalue weighted by molar-refractivity contribution is 6.30. The summed E-state index contributed by atoms with van der Waals surface area (Å²) in [6.45, 7) is 2.63.